The molecule has 0 saturated heterocycles. The molecule has 2 rings (SSSR count). The molecule has 1 N–H and O–H groups in total. The summed E-state index contributed by atoms with van der Waals surface area (Å²) in [6.07, 6.45) is 1.78. The third kappa shape index (κ3) is 3.34. The lowest BCUT2D eigenvalue weighted by Crippen LogP contribution is -2.31. The fourth-order valence-electron chi connectivity index (χ4n) is 2.68. The number of aliphatic carboxylic acids is 1. The molecular formula is C15H19NO3. The van der Waals surface area contributed by atoms with Crippen LogP contribution < -0.4 is 0 Å². The van der Waals surface area contributed by atoms with Crippen LogP contribution in [-0.4, -0.2) is 28.9 Å². The maximum absolute atomic E-state index is 12.3. The normalized spacial score (nSPS) is 22.2. The van der Waals surface area contributed by atoms with Crippen molar-refractivity contribution in [3.05, 3.63) is 35.9 Å². The third-order valence-electron chi connectivity index (χ3n) is 3.77. The van der Waals surface area contributed by atoms with E-state index in [9.17, 15) is 9.59 Å². The zero-order valence-electron chi connectivity index (χ0n) is 11.1. The van der Waals surface area contributed by atoms with Crippen molar-refractivity contribution in [3.63, 3.8) is 0 Å². The van der Waals surface area contributed by atoms with Crippen molar-refractivity contribution in [1.82, 2.24) is 4.90 Å². The maximum Gasteiger partial charge on any atom is 0.306 e. The zero-order chi connectivity index (χ0) is 13.8. The number of carbonyl (C=O) groups is 2. The van der Waals surface area contributed by atoms with Crippen LogP contribution in [0.3, 0.4) is 0 Å². The van der Waals surface area contributed by atoms with Crippen LogP contribution in [0.15, 0.2) is 30.3 Å². The molecule has 0 heterocycles. The molecule has 1 fully saturated rings. The van der Waals surface area contributed by atoms with Crippen molar-refractivity contribution < 1.29 is 14.7 Å². The van der Waals surface area contributed by atoms with Gasteiger partial charge in [-0.05, 0) is 24.8 Å². The van der Waals surface area contributed by atoms with Gasteiger partial charge in [-0.15, -0.1) is 0 Å². The van der Waals surface area contributed by atoms with E-state index in [0.29, 0.717) is 25.8 Å². The van der Waals surface area contributed by atoms with Crippen LogP contribution >= 0.6 is 0 Å². The van der Waals surface area contributed by atoms with E-state index in [4.69, 9.17) is 5.11 Å². The molecule has 1 aromatic carbocycles. The lowest BCUT2D eigenvalue weighted by atomic mass is 10.0. The van der Waals surface area contributed by atoms with E-state index >= 15 is 0 Å². The van der Waals surface area contributed by atoms with Crippen molar-refractivity contribution >= 4 is 11.9 Å². The minimum absolute atomic E-state index is 0.0626. The SMILES string of the molecule is CN(Cc1ccccc1)C(=O)C1CCC(C(=O)O)C1. The molecule has 0 aliphatic heterocycles. The summed E-state index contributed by atoms with van der Waals surface area (Å²) in [4.78, 5) is 24.9. The number of benzene rings is 1. The van der Waals surface area contributed by atoms with E-state index in [2.05, 4.69) is 0 Å². The van der Waals surface area contributed by atoms with Gasteiger partial charge in [-0.1, -0.05) is 30.3 Å². The standard InChI is InChI=1S/C15H19NO3/c1-16(10-11-5-3-2-4-6-11)14(17)12-7-8-13(9-12)15(18)19/h2-6,12-13H,7-10H2,1H3,(H,18,19). The lowest BCUT2D eigenvalue weighted by molar-refractivity contribution is -0.141. The number of carboxylic acids is 1. The zero-order valence-corrected chi connectivity index (χ0v) is 11.1. The number of nitrogens with zero attached hydrogens (tertiary/aromatic N) is 1. The van der Waals surface area contributed by atoms with E-state index < -0.39 is 5.97 Å². The average Bonchev–Trinajstić information content (AvgIpc) is 2.88. The van der Waals surface area contributed by atoms with Crippen molar-refractivity contribution in [2.75, 3.05) is 7.05 Å². The fraction of sp³-hybridized carbons (Fsp3) is 0.467. The predicted octanol–water partition coefficient (Wildman–Crippen LogP) is 2.15. The maximum atomic E-state index is 12.3. The molecule has 4 heteroatoms. The molecule has 19 heavy (non-hydrogen) atoms. The summed E-state index contributed by atoms with van der Waals surface area (Å²) in [5, 5.41) is 8.96. The molecular weight excluding hydrogens is 242 g/mol. The summed E-state index contributed by atoms with van der Waals surface area (Å²) in [5.41, 5.74) is 1.09. The summed E-state index contributed by atoms with van der Waals surface area (Å²) in [6.45, 7) is 0.577. The van der Waals surface area contributed by atoms with Gasteiger partial charge in [0.25, 0.3) is 0 Å². The van der Waals surface area contributed by atoms with Crippen LogP contribution in [0, 0.1) is 11.8 Å². The minimum Gasteiger partial charge on any atom is -0.481 e. The average molecular weight is 261 g/mol. The van der Waals surface area contributed by atoms with Gasteiger partial charge in [0.2, 0.25) is 5.91 Å². The molecule has 4 nitrogen and oxygen atoms in total. The Kier molecular flexibility index (Phi) is 4.20. The highest BCUT2D eigenvalue weighted by molar-refractivity contribution is 5.80. The lowest BCUT2D eigenvalue weighted by Gasteiger charge is -2.21. The Morgan fingerprint density at radius 2 is 1.84 bits per heavy atom. The summed E-state index contributed by atoms with van der Waals surface area (Å²) >= 11 is 0. The summed E-state index contributed by atoms with van der Waals surface area (Å²) in [5.74, 6) is -1.19. The second kappa shape index (κ2) is 5.87. The molecule has 1 amide bonds. The Hall–Kier alpha value is -1.84. The van der Waals surface area contributed by atoms with Gasteiger partial charge in [0, 0.05) is 19.5 Å². The second-order valence-electron chi connectivity index (χ2n) is 5.23. The van der Waals surface area contributed by atoms with Crippen LogP contribution in [0.1, 0.15) is 24.8 Å². The van der Waals surface area contributed by atoms with Crippen LogP contribution in [0.25, 0.3) is 0 Å². The first-order chi connectivity index (χ1) is 9.08. The molecule has 2 atom stereocenters. The number of hydrogen-bond acceptors (Lipinski definition) is 2. The first-order valence-corrected chi connectivity index (χ1v) is 6.59. The van der Waals surface area contributed by atoms with Crippen LogP contribution in [0.4, 0.5) is 0 Å². The quantitative estimate of drug-likeness (QED) is 0.903. The highest BCUT2D eigenvalue weighted by atomic mass is 16.4. The summed E-state index contributed by atoms with van der Waals surface area (Å²) in [7, 11) is 1.78. The molecule has 0 bridgehead atoms. The molecule has 102 valence electrons. The Balaban J connectivity index is 1.91. The van der Waals surface area contributed by atoms with E-state index in [1.807, 2.05) is 30.3 Å². The van der Waals surface area contributed by atoms with Gasteiger partial charge in [-0.25, -0.2) is 0 Å². The van der Waals surface area contributed by atoms with Crippen molar-refractivity contribution in [1.29, 1.82) is 0 Å². The monoisotopic (exact) mass is 261 g/mol. The molecule has 1 aromatic rings. The van der Waals surface area contributed by atoms with Crippen molar-refractivity contribution in [2.45, 2.75) is 25.8 Å². The molecule has 1 aliphatic carbocycles. The number of amides is 1. The fourth-order valence-corrected chi connectivity index (χ4v) is 2.68. The molecule has 0 aromatic heterocycles. The minimum atomic E-state index is -0.777. The smallest absolute Gasteiger partial charge is 0.306 e. The van der Waals surface area contributed by atoms with E-state index in [0.717, 1.165) is 5.56 Å². The number of rotatable bonds is 4. The Morgan fingerprint density at radius 1 is 1.21 bits per heavy atom. The topological polar surface area (TPSA) is 57.6 Å². The Morgan fingerprint density at radius 3 is 2.42 bits per heavy atom. The van der Waals surface area contributed by atoms with Gasteiger partial charge in [0.05, 0.1) is 5.92 Å². The number of carbonyl (C=O) groups excluding carboxylic acids is 1. The van der Waals surface area contributed by atoms with Gasteiger partial charge in [0.1, 0.15) is 0 Å². The van der Waals surface area contributed by atoms with Gasteiger partial charge in [-0.2, -0.15) is 0 Å². The highest BCUT2D eigenvalue weighted by Crippen LogP contribution is 2.32. The van der Waals surface area contributed by atoms with Crippen LogP contribution in [0.5, 0.6) is 0 Å². The van der Waals surface area contributed by atoms with Gasteiger partial charge >= 0.3 is 5.97 Å². The van der Waals surface area contributed by atoms with E-state index in [-0.39, 0.29) is 17.7 Å². The van der Waals surface area contributed by atoms with Crippen LogP contribution in [0.2, 0.25) is 0 Å². The molecule has 0 radical (unpaired) electrons. The van der Waals surface area contributed by atoms with Crippen LogP contribution in [-0.2, 0) is 16.1 Å². The predicted molar refractivity (Wildman–Crippen MR) is 71.4 cm³/mol. The van der Waals surface area contributed by atoms with Crippen molar-refractivity contribution in [2.24, 2.45) is 11.8 Å². The molecule has 2 unspecified atom stereocenters. The van der Waals surface area contributed by atoms with Gasteiger partial charge in [-0.3, -0.25) is 9.59 Å². The summed E-state index contributed by atoms with van der Waals surface area (Å²) in [6, 6.07) is 9.81. The number of hydrogen-bond donors (Lipinski definition) is 1. The van der Waals surface area contributed by atoms with Gasteiger partial charge < -0.3 is 10.0 Å². The first kappa shape index (κ1) is 13.6. The highest BCUT2D eigenvalue weighted by Gasteiger charge is 2.34. The summed E-state index contributed by atoms with van der Waals surface area (Å²) < 4.78 is 0. The van der Waals surface area contributed by atoms with Gasteiger partial charge in [0.15, 0.2) is 0 Å². The molecule has 1 saturated carbocycles. The van der Waals surface area contributed by atoms with E-state index in [1.165, 1.54) is 0 Å². The molecule has 1 aliphatic rings. The number of carboxylic acid groups (broad SMARTS) is 1. The third-order valence-corrected chi connectivity index (χ3v) is 3.77. The molecule has 0 spiro atoms. The second-order valence-corrected chi connectivity index (χ2v) is 5.23. The largest absolute Gasteiger partial charge is 0.481 e. The first-order valence-electron chi connectivity index (χ1n) is 6.59. The Labute approximate surface area is 113 Å². The van der Waals surface area contributed by atoms with E-state index in [1.54, 1.807) is 11.9 Å². The Bertz CT molecular complexity index is 458. The van der Waals surface area contributed by atoms with Crippen molar-refractivity contribution in [3.8, 4) is 0 Å².